The van der Waals surface area contributed by atoms with Crippen LogP contribution in [-0.2, 0) is 17.8 Å². The number of piperidine rings is 1. The zero-order valence-corrected chi connectivity index (χ0v) is 18.6. The van der Waals surface area contributed by atoms with Gasteiger partial charge in [-0.1, -0.05) is 54.6 Å². The van der Waals surface area contributed by atoms with Gasteiger partial charge in [-0.25, -0.2) is 0 Å². The minimum atomic E-state index is 0.112. The second-order valence-corrected chi connectivity index (χ2v) is 8.80. The van der Waals surface area contributed by atoms with Gasteiger partial charge in [0, 0.05) is 25.6 Å². The van der Waals surface area contributed by atoms with E-state index in [0.717, 1.165) is 56.6 Å². The molecule has 0 spiro atoms. The number of carbonyl (C=O) groups excluding carboxylic acids is 1. The second-order valence-electron chi connectivity index (χ2n) is 8.80. The Balaban J connectivity index is 1.32. The van der Waals surface area contributed by atoms with Crippen molar-refractivity contribution in [3.05, 3.63) is 77.9 Å². The molecule has 2 aromatic carbocycles. The lowest BCUT2D eigenvalue weighted by Gasteiger charge is -2.36. The van der Waals surface area contributed by atoms with Crippen LogP contribution in [0.15, 0.2) is 66.7 Å². The summed E-state index contributed by atoms with van der Waals surface area (Å²) in [6.45, 7) is 4.65. The van der Waals surface area contributed by atoms with Crippen molar-refractivity contribution in [1.29, 1.82) is 0 Å². The molecule has 4 rings (SSSR count). The van der Waals surface area contributed by atoms with Crippen LogP contribution in [0.4, 0.5) is 0 Å². The highest BCUT2D eigenvalue weighted by molar-refractivity contribution is 5.80. The standard InChI is InChI=1S/C27H34N2O2/c1-31-25-11-7-10-23(20-25)21-29-16-6-5-12-26(27(29)30)24-14-18-28(19-15-24)17-13-22-8-3-2-4-9-22/h2-11,20,24,26H,12-19,21H2,1H3. The van der Waals surface area contributed by atoms with Gasteiger partial charge in [0.25, 0.3) is 0 Å². The normalized spacial score (nSPS) is 20.6. The van der Waals surface area contributed by atoms with Gasteiger partial charge in [-0.2, -0.15) is 0 Å². The van der Waals surface area contributed by atoms with Crippen LogP contribution in [0.1, 0.15) is 30.4 Å². The maximum atomic E-state index is 13.4. The van der Waals surface area contributed by atoms with Crippen LogP contribution in [0.3, 0.4) is 0 Å². The number of benzene rings is 2. The highest BCUT2D eigenvalue weighted by Gasteiger charge is 2.34. The summed E-state index contributed by atoms with van der Waals surface area (Å²) in [4.78, 5) is 18.0. The van der Waals surface area contributed by atoms with E-state index in [0.29, 0.717) is 24.9 Å². The Kier molecular flexibility index (Phi) is 7.42. The van der Waals surface area contributed by atoms with E-state index in [1.54, 1.807) is 7.11 Å². The number of hydrogen-bond donors (Lipinski definition) is 0. The topological polar surface area (TPSA) is 32.8 Å². The lowest BCUT2D eigenvalue weighted by atomic mass is 9.81. The van der Waals surface area contributed by atoms with Gasteiger partial charge in [0.1, 0.15) is 5.75 Å². The van der Waals surface area contributed by atoms with Crippen LogP contribution in [0.25, 0.3) is 0 Å². The fraction of sp³-hybridized carbons (Fsp3) is 0.444. The average Bonchev–Trinajstić information content (AvgIpc) is 3.00. The van der Waals surface area contributed by atoms with Gasteiger partial charge in [0.05, 0.1) is 7.11 Å². The van der Waals surface area contributed by atoms with Crippen LogP contribution in [0, 0.1) is 11.8 Å². The molecule has 0 N–H and O–H groups in total. The first-order valence-electron chi connectivity index (χ1n) is 11.6. The van der Waals surface area contributed by atoms with E-state index >= 15 is 0 Å². The number of likely N-dealkylation sites (tertiary alicyclic amines) is 1. The number of methoxy groups -OCH3 is 1. The summed E-state index contributed by atoms with van der Waals surface area (Å²) < 4.78 is 5.35. The summed E-state index contributed by atoms with van der Waals surface area (Å²) in [5.41, 5.74) is 2.53. The van der Waals surface area contributed by atoms with E-state index in [4.69, 9.17) is 4.74 Å². The monoisotopic (exact) mass is 418 g/mol. The number of rotatable bonds is 7. The Morgan fingerprint density at radius 2 is 1.74 bits per heavy atom. The van der Waals surface area contributed by atoms with E-state index in [-0.39, 0.29) is 5.92 Å². The quantitative estimate of drug-likeness (QED) is 0.618. The molecule has 4 heteroatoms. The molecule has 2 aliphatic heterocycles. The zero-order chi connectivity index (χ0) is 21.5. The van der Waals surface area contributed by atoms with E-state index in [9.17, 15) is 4.79 Å². The van der Waals surface area contributed by atoms with Crippen LogP contribution >= 0.6 is 0 Å². The molecule has 2 aliphatic rings. The summed E-state index contributed by atoms with van der Waals surface area (Å²) in [7, 11) is 1.68. The molecule has 1 saturated heterocycles. The first kappa shape index (κ1) is 21.6. The summed E-state index contributed by atoms with van der Waals surface area (Å²) in [5.74, 6) is 1.75. The molecule has 164 valence electrons. The lowest BCUT2D eigenvalue weighted by molar-refractivity contribution is -0.137. The van der Waals surface area contributed by atoms with Crippen LogP contribution in [0.2, 0.25) is 0 Å². The molecule has 0 radical (unpaired) electrons. The molecule has 1 fully saturated rings. The summed E-state index contributed by atoms with van der Waals surface area (Å²) in [5, 5.41) is 0. The van der Waals surface area contributed by atoms with E-state index in [2.05, 4.69) is 53.5 Å². The van der Waals surface area contributed by atoms with Gasteiger partial charge < -0.3 is 14.5 Å². The molecular formula is C27H34N2O2. The van der Waals surface area contributed by atoms with Crippen LogP contribution in [0.5, 0.6) is 5.75 Å². The SMILES string of the molecule is COc1cccc(CN2CC=CCC(C3CCN(CCc4ccccc4)CC3)C2=O)c1. The van der Waals surface area contributed by atoms with Crippen molar-refractivity contribution in [2.45, 2.75) is 32.2 Å². The largest absolute Gasteiger partial charge is 0.497 e. The maximum Gasteiger partial charge on any atom is 0.226 e. The Labute approximate surface area is 186 Å². The number of ether oxygens (including phenoxy) is 1. The molecule has 0 aliphatic carbocycles. The highest BCUT2D eigenvalue weighted by atomic mass is 16.5. The average molecular weight is 419 g/mol. The first-order valence-corrected chi connectivity index (χ1v) is 11.6. The predicted octanol–water partition coefficient (Wildman–Crippen LogP) is 4.55. The number of carbonyl (C=O) groups is 1. The summed E-state index contributed by atoms with van der Waals surface area (Å²) in [6, 6.07) is 18.8. The van der Waals surface area contributed by atoms with Crippen molar-refractivity contribution in [2.75, 3.05) is 33.3 Å². The second kappa shape index (κ2) is 10.6. The molecule has 31 heavy (non-hydrogen) atoms. The van der Waals surface area contributed by atoms with Gasteiger partial charge in [0.15, 0.2) is 0 Å². The fourth-order valence-corrected chi connectivity index (χ4v) is 4.91. The third-order valence-electron chi connectivity index (χ3n) is 6.78. The number of allylic oxidation sites excluding steroid dienone is 1. The smallest absolute Gasteiger partial charge is 0.226 e. The Morgan fingerprint density at radius 3 is 2.52 bits per heavy atom. The van der Waals surface area contributed by atoms with Crippen LogP contribution in [-0.4, -0.2) is 49.0 Å². The van der Waals surface area contributed by atoms with Crippen molar-refractivity contribution >= 4 is 5.91 Å². The molecule has 1 amide bonds. The Hall–Kier alpha value is -2.59. The van der Waals surface area contributed by atoms with Gasteiger partial charge in [-0.15, -0.1) is 0 Å². The van der Waals surface area contributed by atoms with Gasteiger partial charge in [-0.05, 0) is 68.0 Å². The minimum absolute atomic E-state index is 0.112. The summed E-state index contributed by atoms with van der Waals surface area (Å²) in [6.07, 6.45) is 8.59. The first-order chi connectivity index (χ1) is 15.2. The molecule has 0 bridgehead atoms. The number of amides is 1. The van der Waals surface area contributed by atoms with Crippen molar-refractivity contribution in [3.63, 3.8) is 0 Å². The third kappa shape index (κ3) is 5.76. The molecule has 4 nitrogen and oxygen atoms in total. The van der Waals surface area contributed by atoms with E-state index < -0.39 is 0 Å². The number of hydrogen-bond acceptors (Lipinski definition) is 3. The molecular weight excluding hydrogens is 384 g/mol. The lowest BCUT2D eigenvalue weighted by Crippen LogP contribution is -2.42. The molecule has 2 heterocycles. The van der Waals surface area contributed by atoms with Crippen LogP contribution < -0.4 is 4.74 Å². The zero-order valence-electron chi connectivity index (χ0n) is 18.6. The summed E-state index contributed by atoms with van der Waals surface area (Å²) >= 11 is 0. The van der Waals surface area contributed by atoms with Gasteiger partial charge in [0.2, 0.25) is 5.91 Å². The highest BCUT2D eigenvalue weighted by Crippen LogP contribution is 2.31. The van der Waals surface area contributed by atoms with E-state index in [1.165, 1.54) is 5.56 Å². The molecule has 1 atom stereocenters. The third-order valence-corrected chi connectivity index (χ3v) is 6.78. The molecule has 1 unspecified atom stereocenters. The van der Waals surface area contributed by atoms with Crippen molar-refractivity contribution < 1.29 is 9.53 Å². The number of nitrogens with zero attached hydrogens (tertiary/aromatic N) is 2. The van der Waals surface area contributed by atoms with Gasteiger partial charge >= 0.3 is 0 Å². The molecule has 0 saturated carbocycles. The van der Waals surface area contributed by atoms with Crippen molar-refractivity contribution in [2.24, 2.45) is 11.8 Å². The minimum Gasteiger partial charge on any atom is -0.497 e. The fourth-order valence-electron chi connectivity index (χ4n) is 4.91. The Morgan fingerprint density at radius 1 is 0.968 bits per heavy atom. The molecule has 0 aromatic heterocycles. The maximum absolute atomic E-state index is 13.4. The Bertz CT molecular complexity index is 872. The molecule has 2 aromatic rings. The van der Waals surface area contributed by atoms with E-state index in [1.807, 2.05) is 23.1 Å². The van der Waals surface area contributed by atoms with Crippen molar-refractivity contribution in [1.82, 2.24) is 9.80 Å². The van der Waals surface area contributed by atoms with Gasteiger partial charge in [-0.3, -0.25) is 4.79 Å². The predicted molar refractivity (Wildman–Crippen MR) is 125 cm³/mol. The van der Waals surface area contributed by atoms with Crippen molar-refractivity contribution in [3.8, 4) is 5.75 Å².